The summed E-state index contributed by atoms with van der Waals surface area (Å²) in [5.74, 6) is -1.21. The van der Waals surface area contributed by atoms with Crippen molar-refractivity contribution in [3.8, 4) is 0 Å². The molecular formula is C12H20N2O5S. The smallest absolute Gasteiger partial charge is 0.326 e. The second kappa shape index (κ2) is 6.09. The molecule has 0 aliphatic carbocycles. The van der Waals surface area contributed by atoms with Gasteiger partial charge in [-0.2, -0.15) is 0 Å². The van der Waals surface area contributed by atoms with Crippen LogP contribution >= 0.6 is 0 Å². The highest BCUT2D eigenvalue weighted by molar-refractivity contribution is 7.91. The van der Waals surface area contributed by atoms with Crippen molar-refractivity contribution in [2.75, 3.05) is 24.6 Å². The summed E-state index contributed by atoms with van der Waals surface area (Å²) in [5.41, 5.74) is 0. The van der Waals surface area contributed by atoms with Crippen LogP contribution in [-0.4, -0.2) is 67.0 Å². The highest BCUT2D eigenvalue weighted by Crippen LogP contribution is 2.19. The summed E-state index contributed by atoms with van der Waals surface area (Å²) >= 11 is 0. The molecular weight excluding hydrogens is 284 g/mol. The predicted molar refractivity (Wildman–Crippen MR) is 72.0 cm³/mol. The van der Waals surface area contributed by atoms with Crippen molar-refractivity contribution in [1.82, 2.24) is 10.2 Å². The fourth-order valence-electron chi connectivity index (χ4n) is 2.81. The Kier molecular flexibility index (Phi) is 4.64. The number of sulfone groups is 1. The third-order valence-electron chi connectivity index (χ3n) is 3.83. The molecule has 2 aliphatic heterocycles. The van der Waals surface area contributed by atoms with Gasteiger partial charge in [-0.3, -0.25) is 4.79 Å². The van der Waals surface area contributed by atoms with Gasteiger partial charge in [0.2, 0.25) is 5.91 Å². The number of carbonyl (C=O) groups is 2. The molecule has 7 nitrogen and oxygen atoms in total. The quantitative estimate of drug-likeness (QED) is 0.709. The lowest BCUT2D eigenvalue weighted by Gasteiger charge is -2.34. The number of amides is 1. The molecule has 2 rings (SSSR count). The SMILES string of the molecule is O=C(O)C1CCCCN1C(=O)CC1CS(=O)(=O)CCN1. The first kappa shape index (κ1) is 15.2. The van der Waals surface area contributed by atoms with E-state index in [1.807, 2.05) is 0 Å². The van der Waals surface area contributed by atoms with Crippen LogP contribution in [0.5, 0.6) is 0 Å². The summed E-state index contributed by atoms with van der Waals surface area (Å²) in [7, 11) is -3.09. The average Bonchev–Trinajstić information content (AvgIpc) is 2.37. The molecule has 2 atom stereocenters. The zero-order chi connectivity index (χ0) is 14.8. The lowest BCUT2D eigenvalue weighted by atomic mass is 10.0. The van der Waals surface area contributed by atoms with E-state index in [0.29, 0.717) is 19.5 Å². The van der Waals surface area contributed by atoms with E-state index in [1.165, 1.54) is 4.90 Å². The third-order valence-corrected chi connectivity index (χ3v) is 5.57. The minimum atomic E-state index is -3.09. The summed E-state index contributed by atoms with van der Waals surface area (Å²) in [5, 5.41) is 12.2. The van der Waals surface area contributed by atoms with Crippen LogP contribution in [0.15, 0.2) is 0 Å². The fourth-order valence-corrected chi connectivity index (χ4v) is 4.26. The van der Waals surface area contributed by atoms with Gasteiger partial charge in [0.05, 0.1) is 11.5 Å². The highest BCUT2D eigenvalue weighted by atomic mass is 32.2. The van der Waals surface area contributed by atoms with Gasteiger partial charge in [0.15, 0.2) is 9.84 Å². The maximum atomic E-state index is 12.2. The van der Waals surface area contributed by atoms with E-state index in [9.17, 15) is 18.0 Å². The van der Waals surface area contributed by atoms with E-state index >= 15 is 0 Å². The summed E-state index contributed by atoms with van der Waals surface area (Å²) < 4.78 is 23.1. The summed E-state index contributed by atoms with van der Waals surface area (Å²) in [6.45, 7) is 0.790. The molecule has 0 aromatic rings. The van der Waals surface area contributed by atoms with Crippen LogP contribution < -0.4 is 5.32 Å². The molecule has 2 unspecified atom stereocenters. The molecule has 2 fully saturated rings. The normalized spacial score (nSPS) is 29.9. The standard InChI is InChI=1S/C12H20N2O5S/c15-11(7-9-8-20(18,19)6-4-13-9)14-5-2-1-3-10(14)12(16)17/h9-10,13H,1-8H2,(H,16,17). The fraction of sp³-hybridized carbons (Fsp3) is 0.833. The monoisotopic (exact) mass is 304 g/mol. The Morgan fingerprint density at radius 2 is 2.05 bits per heavy atom. The molecule has 2 saturated heterocycles. The molecule has 0 radical (unpaired) electrons. The second-order valence-corrected chi connectivity index (χ2v) is 7.64. The molecule has 0 saturated carbocycles. The first-order valence-electron chi connectivity index (χ1n) is 6.85. The maximum Gasteiger partial charge on any atom is 0.326 e. The number of carbonyl (C=O) groups excluding carboxylic acids is 1. The molecule has 1 amide bonds. The van der Waals surface area contributed by atoms with Crippen molar-refractivity contribution in [2.45, 2.75) is 37.8 Å². The van der Waals surface area contributed by atoms with Crippen LogP contribution in [0.2, 0.25) is 0 Å². The largest absolute Gasteiger partial charge is 0.480 e. The number of likely N-dealkylation sites (tertiary alicyclic amines) is 1. The number of rotatable bonds is 3. The van der Waals surface area contributed by atoms with Crippen LogP contribution in [-0.2, 0) is 19.4 Å². The Morgan fingerprint density at radius 3 is 2.70 bits per heavy atom. The van der Waals surface area contributed by atoms with Crippen molar-refractivity contribution in [2.24, 2.45) is 0 Å². The Morgan fingerprint density at radius 1 is 1.30 bits per heavy atom. The van der Waals surface area contributed by atoms with E-state index in [4.69, 9.17) is 5.11 Å². The van der Waals surface area contributed by atoms with Crippen molar-refractivity contribution >= 4 is 21.7 Å². The summed E-state index contributed by atoms with van der Waals surface area (Å²) in [4.78, 5) is 24.8. The zero-order valence-corrected chi connectivity index (χ0v) is 12.1. The minimum absolute atomic E-state index is 0.0447. The zero-order valence-electron chi connectivity index (χ0n) is 11.2. The molecule has 0 spiro atoms. The van der Waals surface area contributed by atoms with Crippen molar-refractivity contribution in [3.63, 3.8) is 0 Å². The van der Waals surface area contributed by atoms with Crippen LogP contribution in [0.1, 0.15) is 25.7 Å². The van der Waals surface area contributed by atoms with E-state index in [-0.39, 0.29) is 23.8 Å². The molecule has 2 heterocycles. The van der Waals surface area contributed by atoms with Crippen molar-refractivity contribution < 1.29 is 23.1 Å². The number of carboxylic acids is 1. The van der Waals surface area contributed by atoms with E-state index in [2.05, 4.69) is 5.32 Å². The Bertz CT molecular complexity index is 490. The molecule has 0 aromatic carbocycles. The van der Waals surface area contributed by atoms with Crippen LogP contribution in [0.4, 0.5) is 0 Å². The Balaban J connectivity index is 1.98. The molecule has 0 aromatic heterocycles. The maximum absolute atomic E-state index is 12.2. The molecule has 114 valence electrons. The number of hydrogen-bond acceptors (Lipinski definition) is 5. The lowest BCUT2D eigenvalue weighted by Crippen LogP contribution is -2.52. The Labute approximate surface area is 118 Å². The molecule has 2 aliphatic rings. The van der Waals surface area contributed by atoms with Gasteiger partial charge < -0.3 is 15.3 Å². The first-order valence-corrected chi connectivity index (χ1v) is 8.67. The van der Waals surface area contributed by atoms with E-state index in [0.717, 1.165) is 12.8 Å². The number of carboxylic acid groups (broad SMARTS) is 1. The van der Waals surface area contributed by atoms with Gasteiger partial charge in [-0.25, -0.2) is 13.2 Å². The van der Waals surface area contributed by atoms with Crippen molar-refractivity contribution in [1.29, 1.82) is 0 Å². The molecule has 2 N–H and O–H groups in total. The molecule has 0 bridgehead atoms. The topological polar surface area (TPSA) is 104 Å². The highest BCUT2D eigenvalue weighted by Gasteiger charge is 2.34. The van der Waals surface area contributed by atoms with E-state index in [1.54, 1.807) is 0 Å². The average molecular weight is 304 g/mol. The first-order chi connectivity index (χ1) is 9.39. The molecule has 8 heteroatoms. The van der Waals surface area contributed by atoms with E-state index < -0.39 is 27.9 Å². The van der Waals surface area contributed by atoms with Gasteiger partial charge >= 0.3 is 5.97 Å². The minimum Gasteiger partial charge on any atom is -0.480 e. The molecule has 20 heavy (non-hydrogen) atoms. The predicted octanol–water partition coefficient (Wildman–Crippen LogP) is -0.771. The second-order valence-electron chi connectivity index (χ2n) is 5.41. The van der Waals surface area contributed by atoms with Crippen LogP contribution in [0, 0.1) is 0 Å². The third kappa shape index (κ3) is 3.69. The van der Waals surface area contributed by atoms with Gasteiger partial charge in [0.25, 0.3) is 0 Å². The van der Waals surface area contributed by atoms with Crippen LogP contribution in [0.3, 0.4) is 0 Å². The number of piperidine rings is 1. The lowest BCUT2D eigenvalue weighted by molar-refractivity contribution is -0.152. The number of nitrogens with one attached hydrogen (secondary N) is 1. The number of nitrogens with zero attached hydrogens (tertiary/aromatic N) is 1. The van der Waals surface area contributed by atoms with Crippen LogP contribution in [0.25, 0.3) is 0 Å². The van der Waals surface area contributed by atoms with Gasteiger partial charge in [-0.15, -0.1) is 0 Å². The van der Waals surface area contributed by atoms with Gasteiger partial charge in [0, 0.05) is 25.6 Å². The van der Waals surface area contributed by atoms with Gasteiger partial charge in [-0.1, -0.05) is 0 Å². The van der Waals surface area contributed by atoms with Gasteiger partial charge in [-0.05, 0) is 19.3 Å². The number of aliphatic carboxylic acids is 1. The Hall–Kier alpha value is -1.15. The summed E-state index contributed by atoms with van der Waals surface area (Å²) in [6.07, 6.45) is 2.11. The van der Waals surface area contributed by atoms with Gasteiger partial charge in [0.1, 0.15) is 6.04 Å². The number of hydrogen-bond donors (Lipinski definition) is 2. The summed E-state index contributed by atoms with van der Waals surface area (Å²) in [6, 6.07) is -1.17. The van der Waals surface area contributed by atoms with Crippen molar-refractivity contribution in [3.05, 3.63) is 0 Å².